The predicted octanol–water partition coefficient (Wildman–Crippen LogP) is -1.40. The van der Waals surface area contributed by atoms with Crippen LogP contribution in [0.1, 0.15) is 10.5 Å². The number of rotatable bonds is 5. The van der Waals surface area contributed by atoms with Crippen LogP contribution in [-0.2, 0) is 21.9 Å². The van der Waals surface area contributed by atoms with Gasteiger partial charge in [0.2, 0.25) is 15.9 Å². The number of sulfonamides is 1. The number of hydrogen-bond donors (Lipinski definition) is 2. The van der Waals surface area contributed by atoms with Crippen LogP contribution in [-0.4, -0.2) is 73.8 Å². The van der Waals surface area contributed by atoms with Crippen LogP contribution in [0.4, 0.5) is 0 Å². The molecule has 1 fully saturated rings. The highest BCUT2D eigenvalue weighted by atomic mass is 35.5. The highest BCUT2D eigenvalue weighted by Gasteiger charge is 2.27. The van der Waals surface area contributed by atoms with Crippen LogP contribution >= 0.6 is 12.4 Å². The van der Waals surface area contributed by atoms with Gasteiger partial charge in [0.1, 0.15) is 10.6 Å². The molecule has 1 aromatic rings. The molecular formula is C13H22ClN5O4S. The number of amides is 2. The van der Waals surface area contributed by atoms with Gasteiger partial charge in [-0.15, -0.1) is 12.4 Å². The Bertz CT molecular complexity index is 712. The standard InChI is InChI=1S/C13H21N5O4S.ClH/c1-16-8-10(7-11(16)13(14)20)23(21,22)17(2)9-12(19)18-5-3-15-4-6-18;/h7-8,15H,3-6,9H2,1-2H3,(H2,14,20);1H. The largest absolute Gasteiger partial charge is 0.364 e. The van der Waals surface area contributed by atoms with Gasteiger partial charge in [0, 0.05) is 46.5 Å². The Balaban J connectivity index is 0.00000288. The van der Waals surface area contributed by atoms with Crippen molar-refractivity contribution in [2.75, 3.05) is 39.8 Å². The van der Waals surface area contributed by atoms with Gasteiger partial charge in [-0.2, -0.15) is 4.31 Å². The molecule has 0 saturated carbocycles. The minimum Gasteiger partial charge on any atom is -0.364 e. The second-order valence-corrected chi connectivity index (χ2v) is 7.47. The van der Waals surface area contributed by atoms with Crippen LogP contribution in [0.3, 0.4) is 0 Å². The Morgan fingerprint density at radius 2 is 1.92 bits per heavy atom. The summed E-state index contributed by atoms with van der Waals surface area (Å²) in [6.07, 6.45) is 1.31. The third-order valence-corrected chi connectivity index (χ3v) is 5.54. The molecule has 0 aliphatic carbocycles. The summed E-state index contributed by atoms with van der Waals surface area (Å²) < 4.78 is 27.4. The van der Waals surface area contributed by atoms with E-state index in [-0.39, 0.29) is 35.4 Å². The van der Waals surface area contributed by atoms with Crippen LogP contribution in [0.15, 0.2) is 17.2 Å². The molecule has 1 aliphatic rings. The quantitative estimate of drug-likeness (QED) is 0.652. The number of nitrogens with zero attached hydrogens (tertiary/aromatic N) is 3. The summed E-state index contributed by atoms with van der Waals surface area (Å²) in [6, 6.07) is 1.21. The lowest BCUT2D eigenvalue weighted by atomic mass is 10.3. The molecule has 2 amide bonds. The van der Waals surface area contributed by atoms with Gasteiger partial charge in [-0.3, -0.25) is 9.59 Å². The number of primary amides is 1. The average molecular weight is 380 g/mol. The number of piperazine rings is 1. The van der Waals surface area contributed by atoms with E-state index in [0.29, 0.717) is 26.2 Å². The molecule has 11 heteroatoms. The number of aryl methyl sites for hydroxylation is 1. The Morgan fingerprint density at radius 1 is 1.33 bits per heavy atom. The molecule has 1 aromatic heterocycles. The highest BCUT2D eigenvalue weighted by Crippen LogP contribution is 2.17. The van der Waals surface area contributed by atoms with E-state index in [2.05, 4.69) is 5.32 Å². The number of halogens is 1. The minimum atomic E-state index is -3.87. The summed E-state index contributed by atoms with van der Waals surface area (Å²) in [5, 5.41) is 3.13. The number of carbonyl (C=O) groups excluding carboxylic acids is 2. The van der Waals surface area contributed by atoms with Crippen molar-refractivity contribution < 1.29 is 18.0 Å². The van der Waals surface area contributed by atoms with Gasteiger partial charge in [-0.25, -0.2) is 8.42 Å². The molecule has 0 radical (unpaired) electrons. The fourth-order valence-corrected chi connectivity index (χ4v) is 3.58. The number of carbonyl (C=O) groups is 2. The van der Waals surface area contributed by atoms with Gasteiger partial charge in [-0.05, 0) is 6.07 Å². The summed E-state index contributed by atoms with van der Waals surface area (Å²) in [5.41, 5.74) is 5.28. The van der Waals surface area contributed by atoms with Crippen LogP contribution in [0.2, 0.25) is 0 Å². The van der Waals surface area contributed by atoms with Gasteiger partial charge < -0.3 is 20.5 Å². The second kappa shape index (κ2) is 7.97. The number of aromatic nitrogens is 1. The summed E-state index contributed by atoms with van der Waals surface area (Å²) in [7, 11) is -0.994. The van der Waals surface area contributed by atoms with Crippen molar-refractivity contribution in [1.82, 2.24) is 19.1 Å². The SMILES string of the molecule is CN(CC(=O)N1CCNCC1)S(=O)(=O)c1cc(C(N)=O)n(C)c1.Cl. The number of hydrogen-bond acceptors (Lipinski definition) is 5. The first-order valence-electron chi connectivity index (χ1n) is 7.14. The number of likely N-dealkylation sites (N-methyl/N-ethyl adjacent to an activating group) is 1. The second-order valence-electron chi connectivity index (χ2n) is 5.43. The maximum Gasteiger partial charge on any atom is 0.265 e. The van der Waals surface area contributed by atoms with Crippen molar-refractivity contribution >= 4 is 34.2 Å². The van der Waals surface area contributed by atoms with E-state index < -0.39 is 15.9 Å². The van der Waals surface area contributed by atoms with Gasteiger partial charge in [0.25, 0.3) is 5.91 Å². The molecule has 1 saturated heterocycles. The number of nitrogens with two attached hydrogens (primary N) is 1. The summed E-state index contributed by atoms with van der Waals surface area (Å²) in [5.74, 6) is -0.961. The van der Waals surface area contributed by atoms with Gasteiger partial charge in [0.05, 0.1) is 6.54 Å². The molecular weight excluding hydrogens is 358 g/mol. The zero-order chi connectivity index (χ0) is 17.2. The fourth-order valence-electron chi connectivity index (χ4n) is 2.39. The van der Waals surface area contributed by atoms with Crippen molar-refractivity contribution in [3.63, 3.8) is 0 Å². The maximum atomic E-state index is 12.5. The van der Waals surface area contributed by atoms with Crippen LogP contribution in [0.25, 0.3) is 0 Å². The highest BCUT2D eigenvalue weighted by molar-refractivity contribution is 7.89. The molecule has 2 heterocycles. The lowest BCUT2D eigenvalue weighted by Gasteiger charge is -2.29. The third-order valence-electron chi connectivity index (χ3n) is 3.77. The average Bonchev–Trinajstić information content (AvgIpc) is 2.91. The first-order chi connectivity index (χ1) is 10.7. The molecule has 0 aromatic carbocycles. The van der Waals surface area contributed by atoms with E-state index in [1.807, 2.05) is 0 Å². The molecule has 136 valence electrons. The van der Waals surface area contributed by atoms with Crippen LogP contribution in [0, 0.1) is 0 Å². The topological polar surface area (TPSA) is 118 Å². The van der Waals surface area contributed by atoms with Gasteiger partial charge in [0.15, 0.2) is 0 Å². The van der Waals surface area contributed by atoms with Crippen molar-refractivity contribution in [2.24, 2.45) is 12.8 Å². The van der Waals surface area contributed by atoms with Crippen molar-refractivity contribution in [2.45, 2.75) is 4.90 Å². The Morgan fingerprint density at radius 3 is 2.42 bits per heavy atom. The zero-order valence-electron chi connectivity index (χ0n) is 13.6. The van der Waals surface area contributed by atoms with Crippen molar-refractivity contribution in [3.8, 4) is 0 Å². The minimum absolute atomic E-state index is 0. The predicted molar refractivity (Wildman–Crippen MR) is 90.4 cm³/mol. The first-order valence-corrected chi connectivity index (χ1v) is 8.58. The molecule has 9 nitrogen and oxygen atoms in total. The molecule has 24 heavy (non-hydrogen) atoms. The van der Waals surface area contributed by atoms with E-state index in [4.69, 9.17) is 5.73 Å². The third kappa shape index (κ3) is 4.26. The fraction of sp³-hybridized carbons (Fsp3) is 0.538. The van der Waals surface area contributed by atoms with Gasteiger partial charge in [-0.1, -0.05) is 0 Å². The van der Waals surface area contributed by atoms with Crippen molar-refractivity contribution in [1.29, 1.82) is 0 Å². The maximum absolute atomic E-state index is 12.5. The lowest BCUT2D eigenvalue weighted by Crippen LogP contribution is -2.49. The lowest BCUT2D eigenvalue weighted by molar-refractivity contribution is -0.131. The zero-order valence-corrected chi connectivity index (χ0v) is 15.2. The summed E-state index contributed by atoms with van der Waals surface area (Å²) in [6.45, 7) is 2.27. The van der Waals surface area contributed by atoms with Crippen LogP contribution in [0.5, 0.6) is 0 Å². The Kier molecular flexibility index (Phi) is 6.78. The monoisotopic (exact) mass is 379 g/mol. The van der Waals surface area contributed by atoms with Crippen molar-refractivity contribution in [3.05, 3.63) is 18.0 Å². The van der Waals surface area contributed by atoms with E-state index in [1.54, 1.807) is 4.90 Å². The van der Waals surface area contributed by atoms with E-state index in [9.17, 15) is 18.0 Å². The van der Waals surface area contributed by atoms with E-state index in [0.717, 1.165) is 4.31 Å². The molecule has 1 aliphatic heterocycles. The molecule has 0 bridgehead atoms. The Labute approximate surface area is 147 Å². The molecule has 2 rings (SSSR count). The molecule has 3 N–H and O–H groups in total. The summed E-state index contributed by atoms with van der Waals surface area (Å²) >= 11 is 0. The Hall–Kier alpha value is -1.62. The molecule has 0 atom stereocenters. The van der Waals surface area contributed by atoms with E-state index in [1.165, 1.54) is 30.9 Å². The normalized spacial score (nSPS) is 15.2. The smallest absolute Gasteiger partial charge is 0.265 e. The van der Waals surface area contributed by atoms with Crippen LogP contribution < -0.4 is 11.1 Å². The summed E-state index contributed by atoms with van der Waals surface area (Å²) in [4.78, 5) is 25.0. The van der Waals surface area contributed by atoms with E-state index >= 15 is 0 Å². The first kappa shape index (κ1) is 20.4. The van der Waals surface area contributed by atoms with Gasteiger partial charge >= 0.3 is 0 Å². The molecule has 0 unspecified atom stereocenters. The molecule has 0 spiro atoms. The number of nitrogens with one attached hydrogen (secondary N) is 1.